The van der Waals surface area contributed by atoms with Crippen LogP contribution in [0.15, 0.2) is 42.5 Å². The summed E-state index contributed by atoms with van der Waals surface area (Å²) in [7, 11) is -0.131. The summed E-state index contributed by atoms with van der Waals surface area (Å²) in [5.41, 5.74) is 1.52. The fourth-order valence-electron chi connectivity index (χ4n) is 3.79. The summed E-state index contributed by atoms with van der Waals surface area (Å²) in [5, 5.41) is 0.719. The Kier molecular flexibility index (Phi) is 7.86. The predicted molar refractivity (Wildman–Crippen MR) is 123 cm³/mol. The summed E-state index contributed by atoms with van der Waals surface area (Å²) in [6.45, 7) is 1.09. The first kappa shape index (κ1) is 23.9. The SMILES string of the molecule is COc1ccccc1CN(C)C(=O)C1CCN(S(=O)(=O)Cc2ccc(Cl)c(Cl)c2)CC1. The predicted octanol–water partition coefficient (Wildman–Crippen LogP) is 4.20. The standard InChI is InChI=1S/C22H26Cl2N2O4S/c1-25(14-18-5-3-4-6-21(18)30-2)22(27)17-9-11-26(12-10-17)31(28,29)15-16-7-8-19(23)20(24)13-16/h3-8,13,17H,9-12,14-15H2,1-2H3. The van der Waals surface area contributed by atoms with Crippen molar-refractivity contribution < 1.29 is 17.9 Å². The molecule has 2 aromatic carbocycles. The van der Waals surface area contributed by atoms with Crippen LogP contribution in [-0.4, -0.2) is 50.8 Å². The van der Waals surface area contributed by atoms with Crippen molar-refractivity contribution in [2.24, 2.45) is 5.92 Å². The number of carbonyl (C=O) groups is 1. The van der Waals surface area contributed by atoms with Gasteiger partial charge in [-0.1, -0.05) is 47.5 Å². The number of hydrogen-bond acceptors (Lipinski definition) is 4. The van der Waals surface area contributed by atoms with E-state index in [0.29, 0.717) is 48.1 Å². The number of piperidine rings is 1. The van der Waals surface area contributed by atoms with Gasteiger partial charge >= 0.3 is 0 Å². The van der Waals surface area contributed by atoms with Crippen molar-refractivity contribution in [2.75, 3.05) is 27.2 Å². The third-order valence-corrected chi connectivity index (χ3v) is 8.09. The van der Waals surface area contributed by atoms with E-state index in [1.54, 1.807) is 37.3 Å². The van der Waals surface area contributed by atoms with E-state index in [1.807, 2.05) is 24.3 Å². The van der Waals surface area contributed by atoms with Gasteiger partial charge in [0, 0.05) is 38.2 Å². The number of methoxy groups -OCH3 is 1. The van der Waals surface area contributed by atoms with Crippen molar-refractivity contribution in [1.29, 1.82) is 0 Å². The van der Waals surface area contributed by atoms with Gasteiger partial charge in [-0.2, -0.15) is 0 Å². The zero-order valence-corrected chi connectivity index (χ0v) is 19.9. The van der Waals surface area contributed by atoms with Gasteiger partial charge in [0.15, 0.2) is 0 Å². The van der Waals surface area contributed by atoms with Gasteiger partial charge in [0.1, 0.15) is 5.75 Å². The molecule has 1 saturated heterocycles. The molecule has 31 heavy (non-hydrogen) atoms. The molecule has 0 atom stereocenters. The van der Waals surface area contributed by atoms with E-state index < -0.39 is 10.0 Å². The van der Waals surface area contributed by atoms with E-state index in [0.717, 1.165) is 11.3 Å². The van der Waals surface area contributed by atoms with Crippen molar-refractivity contribution in [3.63, 3.8) is 0 Å². The van der Waals surface area contributed by atoms with Gasteiger partial charge in [-0.3, -0.25) is 4.79 Å². The number of benzene rings is 2. The van der Waals surface area contributed by atoms with Crippen LogP contribution in [-0.2, 0) is 27.1 Å². The summed E-state index contributed by atoms with van der Waals surface area (Å²) in [4.78, 5) is 14.6. The van der Waals surface area contributed by atoms with E-state index in [9.17, 15) is 13.2 Å². The molecule has 0 bridgehead atoms. The number of nitrogens with zero attached hydrogens (tertiary/aromatic N) is 2. The van der Waals surface area contributed by atoms with Crippen LogP contribution in [0, 0.1) is 5.92 Å². The van der Waals surface area contributed by atoms with E-state index in [1.165, 1.54) is 4.31 Å². The molecule has 6 nitrogen and oxygen atoms in total. The Morgan fingerprint density at radius 2 is 1.81 bits per heavy atom. The van der Waals surface area contributed by atoms with Gasteiger partial charge in [0.25, 0.3) is 0 Å². The molecule has 0 radical (unpaired) electrons. The molecule has 1 amide bonds. The van der Waals surface area contributed by atoms with Crippen LogP contribution in [0.1, 0.15) is 24.0 Å². The molecule has 1 aliphatic rings. The molecular formula is C22H26Cl2N2O4S. The molecule has 3 rings (SSSR count). The largest absolute Gasteiger partial charge is 0.496 e. The molecule has 0 saturated carbocycles. The highest BCUT2D eigenvalue weighted by molar-refractivity contribution is 7.88. The Labute approximate surface area is 193 Å². The van der Waals surface area contributed by atoms with Crippen LogP contribution in [0.5, 0.6) is 5.75 Å². The summed E-state index contributed by atoms with van der Waals surface area (Å²) < 4.78 is 32.4. The zero-order chi connectivity index (χ0) is 22.6. The maximum Gasteiger partial charge on any atom is 0.225 e. The minimum absolute atomic E-state index is 0.0208. The van der Waals surface area contributed by atoms with Gasteiger partial charge in [0.05, 0.1) is 22.9 Å². The number of carbonyl (C=O) groups excluding carboxylic acids is 1. The Morgan fingerprint density at radius 3 is 2.45 bits per heavy atom. The normalized spacial score (nSPS) is 15.6. The quantitative estimate of drug-likeness (QED) is 0.590. The Bertz CT molecular complexity index is 1040. The molecule has 0 aliphatic carbocycles. The number of hydrogen-bond donors (Lipinski definition) is 0. The van der Waals surface area contributed by atoms with Gasteiger partial charge in [-0.25, -0.2) is 12.7 Å². The number of sulfonamides is 1. The van der Waals surface area contributed by atoms with Crippen molar-refractivity contribution in [3.05, 3.63) is 63.6 Å². The lowest BCUT2D eigenvalue weighted by Crippen LogP contribution is -2.43. The maximum absolute atomic E-state index is 12.9. The fraction of sp³-hybridized carbons (Fsp3) is 0.409. The van der Waals surface area contributed by atoms with Crippen LogP contribution in [0.2, 0.25) is 10.0 Å². The highest BCUT2D eigenvalue weighted by Gasteiger charge is 2.32. The van der Waals surface area contributed by atoms with E-state index >= 15 is 0 Å². The summed E-state index contributed by atoms with van der Waals surface area (Å²) >= 11 is 11.9. The third-order valence-electron chi connectivity index (χ3n) is 5.51. The first-order valence-electron chi connectivity index (χ1n) is 10.00. The second-order valence-corrected chi connectivity index (χ2v) is 10.5. The van der Waals surface area contributed by atoms with Crippen LogP contribution in [0.25, 0.3) is 0 Å². The van der Waals surface area contributed by atoms with Crippen LogP contribution >= 0.6 is 23.2 Å². The number of para-hydroxylation sites is 1. The summed E-state index contributed by atoms with van der Waals surface area (Å²) in [6.07, 6.45) is 0.991. The van der Waals surface area contributed by atoms with Crippen LogP contribution in [0.4, 0.5) is 0 Å². The molecular weight excluding hydrogens is 459 g/mol. The van der Waals surface area contributed by atoms with Gasteiger partial charge in [0.2, 0.25) is 15.9 Å². The molecule has 0 N–H and O–H groups in total. The fourth-order valence-corrected chi connectivity index (χ4v) is 5.66. The van der Waals surface area contributed by atoms with E-state index in [2.05, 4.69) is 0 Å². The smallest absolute Gasteiger partial charge is 0.225 e. The number of rotatable bonds is 7. The number of halogens is 2. The van der Waals surface area contributed by atoms with Crippen molar-refractivity contribution >= 4 is 39.1 Å². The highest BCUT2D eigenvalue weighted by atomic mass is 35.5. The lowest BCUT2D eigenvalue weighted by atomic mass is 9.96. The summed E-state index contributed by atoms with van der Waals surface area (Å²) in [6, 6.07) is 12.4. The first-order chi connectivity index (χ1) is 14.7. The average Bonchev–Trinajstić information content (AvgIpc) is 2.76. The topological polar surface area (TPSA) is 66.9 Å². The molecule has 0 aromatic heterocycles. The summed E-state index contributed by atoms with van der Waals surface area (Å²) in [5.74, 6) is 0.421. The lowest BCUT2D eigenvalue weighted by molar-refractivity contribution is -0.135. The molecule has 9 heteroatoms. The first-order valence-corrected chi connectivity index (χ1v) is 12.4. The zero-order valence-electron chi connectivity index (χ0n) is 17.6. The Hall–Kier alpha value is -1.80. The molecule has 1 aliphatic heterocycles. The third kappa shape index (κ3) is 5.92. The second-order valence-electron chi connectivity index (χ2n) is 7.68. The minimum Gasteiger partial charge on any atom is -0.496 e. The lowest BCUT2D eigenvalue weighted by Gasteiger charge is -2.32. The maximum atomic E-state index is 12.9. The molecule has 0 spiro atoms. The monoisotopic (exact) mass is 484 g/mol. The van der Waals surface area contributed by atoms with Crippen molar-refractivity contribution in [1.82, 2.24) is 9.21 Å². The van der Waals surface area contributed by atoms with Crippen molar-refractivity contribution in [2.45, 2.75) is 25.1 Å². The second kappa shape index (κ2) is 10.2. The Balaban J connectivity index is 1.57. The minimum atomic E-state index is -3.50. The van der Waals surface area contributed by atoms with Crippen LogP contribution in [0.3, 0.4) is 0 Å². The highest BCUT2D eigenvalue weighted by Crippen LogP contribution is 2.27. The number of ether oxygens (including phenoxy) is 1. The number of amides is 1. The van der Waals surface area contributed by atoms with Crippen molar-refractivity contribution in [3.8, 4) is 5.75 Å². The van der Waals surface area contributed by atoms with Gasteiger partial charge in [-0.15, -0.1) is 0 Å². The Morgan fingerprint density at radius 1 is 1.13 bits per heavy atom. The van der Waals surface area contributed by atoms with Gasteiger partial charge < -0.3 is 9.64 Å². The van der Waals surface area contributed by atoms with E-state index in [-0.39, 0.29) is 17.6 Å². The molecule has 1 fully saturated rings. The molecule has 168 valence electrons. The van der Waals surface area contributed by atoms with Gasteiger partial charge in [-0.05, 0) is 36.6 Å². The molecule has 2 aromatic rings. The molecule has 0 unspecified atom stereocenters. The van der Waals surface area contributed by atoms with Crippen LogP contribution < -0.4 is 4.74 Å². The molecule has 1 heterocycles. The average molecular weight is 485 g/mol. The van der Waals surface area contributed by atoms with E-state index in [4.69, 9.17) is 27.9 Å².